The van der Waals surface area contributed by atoms with E-state index in [0.717, 1.165) is 48.9 Å². The number of likely N-dealkylation sites (N-methyl/N-ethyl adjacent to an activating group) is 1. The molecule has 148 valence electrons. The van der Waals surface area contributed by atoms with E-state index < -0.39 is 0 Å². The predicted molar refractivity (Wildman–Crippen MR) is 106 cm³/mol. The Labute approximate surface area is 165 Å². The summed E-state index contributed by atoms with van der Waals surface area (Å²) in [5.41, 5.74) is 2.56. The monoisotopic (exact) mass is 383 g/mol. The van der Waals surface area contributed by atoms with Crippen LogP contribution in [0.2, 0.25) is 0 Å². The van der Waals surface area contributed by atoms with Gasteiger partial charge in [-0.1, -0.05) is 6.07 Å². The molecule has 0 aliphatic carbocycles. The second-order valence-corrected chi connectivity index (χ2v) is 8.47. The minimum atomic E-state index is -0.125. The van der Waals surface area contributed by atoms with Crippen LogP contribution in [0.25, 0.3) is 0 Å². The van der Waals surface area contributed by atoms with Crippen molar-refractivity contribution in [1.29, 1.82) is 0 Å². The molecule has 4 rings (SSSR count). The number of amides is 1. The van der Waals surface area contributed by atoms with Crippen LogP contribution in [0.4, 0.5) is 5.69 Å². The number of anilines is 1. The molecule has 2 aromatic rings. The van der Waals surface area contributed by atoms with Gasteiger partial charge in [0.05, 0.1) is 32.9 Å². The van der Waals surface area contributed by atoms with E-state index in [1.165, 1.54) is 4.90 Å². The van der Waals surface area contributed by atoms with Gasteiger partial charge in [-0.05, 0) is 30.7 Å². The summed E-state index contributed by atoms with van der Waals surface area (Å²) < 4.78 is 1.90. The van der Waals surface area contributed by atoms with Crippen molar-refractivity contribution in [3.8, 4) is 0 Å². The molecule has 0 saturated carbocycles. The zero-order valence-corrected chi connectivity index (χ0v) is 16.6. The van der Waals surface area contributed by atoms with Crippen molar-refractivity contribution in [2.24, 2.45) is 5.92 Å². The van der Waals surface area contributed by atoms with E-state index in [1.807, 2.05) is 43.1 Å². The molecule has 2 aromatic heterocycles. The Kier molecular flexibility index (Phi) is 5.28. The number of carbonyl (C=O) groups excluding carboxylic acids is 1. The van der Waals surface area contributed by atoms with Gasteiger partial charge in [0.25, 0.3) is 11.5 Å². The molecule has 1 saturated heterocycles. The molecule has 28 heavy (non-hydrogen) atoms. The van der Waals surface area contributed by atoms with E-state index in [2.05, 4.69) is 16.4 Å². The summed E-state index contributed by atoms with van der Waals surface area (Å²) in [4.78, 5) is 32.1. The van der Waals surface area contributed by atoms with Crippen molar-refractivity contribution in [1.82, 2.24) is 9.55 Å². The molecule has 0 aromatic carbocycles. The number of nitrogens with one attached hydrogen (secondary N) is 3. The third-order valence-electron chi connectivity index (χ3n) is 5.74. The number of quaternary nitrogens is 2. The maximum Gasteiger partial charge on any atom is 0.279 e. The van der Waals surface area contributed by atoms with Crippen molar-refractivity contribution in [2.45, 2.75) is 25.4 Å². The molecule has 3 atom stereocenters. The maximum atomic E-state index is 13.0. The molecule has 2 aliphatic heterocycles. The normalized spacial score (nSPS) is 23.3. The molecular weight excluding hydrogens is 354 g/mol. The summed E-state index contributed by atoms with van der Waals surface area (Å²) in [5, 5.41) is 2.79. The number of fused-ring (bicyclic) bond motifs is 4. The van der Waals surface area contributed by atoms with Gasteiger partial charge in [-0.2, -0.15) is 0 Å². The first-order chi connectivity index (χ1) is 13.5. The molecule has 2 aliphatic rings. The number of carbonyl (C=O) groups is 1. The van der Waals surface area contributed by atoms with Crippen LogP contribution in [0.5, 0.6) is 0 Å². The highest BCUT2D eigenvalue weighted by molar-refractivity contribution is 5.91. The standard InChI is InChI=1S/C21H27N5O2/c1-24(2)14-20(27)23-18-6-7-19-16-9-15(11-26(19)21(18)28)10-25(12-16)13-17-5-3-4-8-22-17/h3-8,15-16H,9-14H2,1-2H3,(H,23,27)/p+2/t15-,16+/m0/s1. The van der Waals surface area contributed by atoms with E-state index in [-0.39, 0.29) is 11.5 Å². The molecular formula is C21H29N5O2+2. The van der Waals surface area contributed by atoms with Gasteiger partial charge >= 0.3 is 0 Å². The van der Waals surface area contributed by atoms with Gasteiger partial charge in [0.1, 0.15) is 12.2 Å². The Morgan fingerprint density at radius 1 is 1.29 bits per heavy atom. The first-order valence-corrected chi connectivity index (χ1v) is 10.1. The van der Waals surface area contributed by atoms with Crippen LogP contribution >= 0.6 is 0 Å². The third-order valence-corrected chi connectivity index (χ3v) is 5.74. The van der Waals surface area contributed by atoms with Crippen LogP contribution in [-0.4, -0.2) is 49.2 Å². The summed E-state index contributed by atoms with van der Waals surface area (Å²) in [6, 6.07) is 9.88. The molecule has 4 heterocycles. The highest BCUT2D eigenvalue weighted by atomic mass is 16.2. The molecule has 1 unspecified atom stereocenters. The second-order valence-electron chi connectivity index (χ2n) is 8.47. The highest BCUT2D eigenvalue weighted by Crippen LogP contribution is 2.30. The van der Waals surface area contributed by atoms with Crippen molar-refractivity contribution >= 4 is 11.6 Å². The SMILES string of the molecule is C[NH+](C)CC(=O)Nc1ccc2n(c1=O)C[C@H]1C[C@@H]2C[NH+](Cc2ccccn2)C1. The first-order valence-electron chi connectivity index (χ1n) is 10.1. The lowest BCUT2D eigenvalue weighted by molar-refractivity contribution is -0.924. The lowest BCUT2D eigenvalue weighted by Gasteiger charge is -2.40. The molecule has 3 N–H and O–H groups in total. The van der Waals surface area contributed by atoms with Crippen LogP contribution in [0.15, 0.2) is 41.3 Å². The Morgan fingerprint density at radius 2 is 2.14 bits per heavy atom. The van der Waals surface area contributed by atoms with E-state index in [1.54, 1.807) is 6.07 Å². The van der Waals surface area contributed by atoms with Gasteiger partial charge in [0, 0.05) is 30.3 Å². The maximum absolute atomic E-state index is 13.0. The number of piperidine rings is 1. The van der Waals surface area contributed by atoms with E-state index in [9.17, 15) is 9.59 Å². The number of pyridine rings is 2. The zero-order valence-electron chi connectivity index (χ0n) is 16.6. The van der Waals surface area contributed by atoms with Crippen LogP contribution in [0, 0.1) is 5.92 Å². The van der Waals surface area contributed by atoms with Crippen LogP contribution in [0.1, 0.15) is 23.7 Å². The van der Waals surface area contributed by atoms with Crippen molar-refractivity contribution in [3.63, 3.8) is 0 Å². The van der Waals surface area contributed by atoms with Crippen molar-refractivity contribution < 1.29 is 14.6 Å². The molecule has 0 spiro atoms. The van der Waals surface area contributed by atoms with Crippen LogP contribution in [0.3, 0.4) is 0 Å². The summed E-state index contributed by atoms with van der Waals surface area (Å²) in [6.45, 7) is 4.08. The Balaban J connectivity index is 1.52. The van der Waals surface area contributed by atoms with Gasteiger partial charge in [0.2, 0.25) is 0 Å². The molecule has 2 bridgehead atoms. The van der Waals surface area contributed by atoms with Gasteiger partial charge in [-0.25, -0.2) is 0 Å². The fourth-order valence-electron chi connectivity index (χ4n) is 4.68. The summed E-state index contributed by atoms with van der Waals surface area (Å²) in [6.07, 6.45) is 2.99. The van der Waals surface area contributed by atoms with E-state index >= 15 is 0 Å². The largest absolute Gasteiger partial charge is 0.332 e. The number of aromatic nitrogens is 2. The number of nitrogens with zero attached hydrogens (tertiary/aromatic N) is 2. The van der Waals surface area contributed by atoms with Crippen LogP contribution < -0.4 is 20.7 Å². The quantitative estimate of drug-likeness (QED) is 0.590. The number of hydrogen-bond acceptors (Lipinski definition) is 3. The molecule has 7 heteroatoms. The summed E-state index contributed by atoms with van der Waals surface area (Å²) in [7, 11) is 3.83. The minimum Gasteiger partial charge on any atom is -0.332 e. The average molecular weight is 383 g/mol. The Bertz CT molecular complexity index is 909. The lowest BCUT2D eigenvalue weighted by atomic mass is 9.83. The fourth-order valence-corrected chi connectivity index (χ4v) is 4.68. The fraction of sp³-hybridized carbons (Fsp3) is 0.476. The molecule has 1 fully saturated rings. The average Bonchev–Trinajstić information content (AvgIpc) is 2.64. The van der Waals surface area contributed by atoms with Crippen molar-refractivity contribution in [3.05, 3.63) is 58.3 Å². The van der Waals surface area contributed by atoms with E-state index in [0.29, 0.717) is 24.1 Å². The van der Waals surface area contributed by atoms with Crippen LogP contribution in [-0.2, 0) is 17.9 Å². The number of hydrogen-bond donors (Lipinski definition) is 3. The number of likely N-dealkylation sites (tertiary alicyclic amines) is 1. The topological polar surface area (TPSA) is 72.9 Å². The second kappa shape index (κ2) is 7.85. The van der Waals surface area contributed by atoms with Gasteiger partial charge in [0.15, 0.2) is 6.54 Å². The molecule has 0 radical (unpaired) electrons. The Morgan fingerprint density at radius 3 is 2.89 bits per heavy atom. The third kappa shape index (κ3) is 4.00. The smallest absolute Gasteiger partial charge is 0.279 e. The number of rotatable bonds is 5. The first kappa shape index (κ1) is 18.8. The summed E-state index contributed by atoms with van der Waals surface area (Å²) in [5.74, 6) is 0.745. The summed E-state index contributed by atoms with van der Waals surface area (Å²) >= 11 is 0. The minimum absolute atomic E-state index is 0.0671. The molecule has 7 nitrogen and oxygen atoms in total. The Hall–Kier alpha value is -2.51. The van der Waals surface area contributed by atoms with Gasteiger partial charge in [-0.3, -0.25) is 14.6 Å². The molecule has 1 amide bonds. The predicted octanol–water partition coefficient (Wildman–Crippen LogP) is -1.47. The highest BCUT2D eigenvalue weighted by Gasteiger charge is 2.37. The van der Waals surface area contributed by atoms with Gasteiger partial charge < -0.3 is 19.7 Å². The van der Waals surface area contributed by atoms with Crippen molar-refractivity contribution in [2.75, 3.05) is 39.0 Å². The zero-order chi connectivity index (χ0) is 19.7. The lowest BCUT2D eigenvalue weighted by Crippen LogP contribution is -3.13. The van der Waals surface area contributed by atoms with Gasteiger partial charge in [-0.15, -0.1) is 0 Å². The van der Waals surface area contributed by atoms with E-state index in [4.69, 9.17) is 0 Å².